The minimum absolute atomic E-state index is 0.00978. The Hall–Kier alpha value is -2.20. The molecule has 3 amide bonds. The van der Waals surface area contributed by atoms with Crippen LogP contribution in [0.2, 0.25) is 0 Å². The van der Waals surface area contributed by atoms with Gasteiger partial charge in [-0.1, -0.05) is 50.6 Å². The number of epoxide rings is 1. The molecule has 3 fully saturated rings. The lowest BCUT2D eigenvalue weighted by atomic mass is 9.87. The number of nitrogens with two attached hydrogens (primary N) is 1. The van der Waals surface area contributed by atoms with Crippen LogP contribution in [0, 0.1) is 11.8 Å². The van der Waals surface area contributed by atoms with Gasteiger partial charge < -0.3 is 35.7 Å². The predicted molar refractivity (Wildman–Crippen MR) is 137 cm³/mol. The molecule has 3 rings (SSSR count). The largest absolute Gasteiger partial charge is 0.387 e. The third-order valence-electron chi connectivity index (χ3n) is 7.19. The molecule has 0 bridgehead atoms. The SMILES string of the molecule is CC(/C=C/[C@H]1O[C@H](CNC(N)=O)C[C@@]2(CO2)[C@@H]1O)=C\C[C@@H]1O[C@H](C)[C@H](NC(=O)/C=C\C(C)C)C[C@@H]1C. The summed E-state index contributed by atoms with van der Waals surface area (Å²) in [5.41, 5.74) is 5.61. The molecule has 1 spiro atoms. The number of carbonyl (C=O) groups excluding carboxylic acids is 2. The predicted octanol–water partition coefficient (Wildman–Crippen LogP) is 2.35. The van der Waals surface area contributed by atoms with Crippen molar-refractivity contribution in [1.29, 1.82) is 0 Å². The number of ether oxygens (including phenoxy) is 3. The first kappa shape index (κ1) is 28.4. The quantitative estimate of drug-likeness (QED) is 0.216. The average molecular weight is 506 g/mol. The first-order valence-corrected chi connectivity index (χ1v) is 13.0. The van der Waals surface area contributed by atoms with Crippen molar-refractivity contribution >= 4 is 11.9 Å². The fourth-order valence-corrected chi connectivity index (χ4v) is 4.86. The van der Waals surface area contributed by atoms with Crippen LogP contribution in [0.5, 0.6) is 0 Å². The van der Waals surface area contributed by atoms with E-state index in [-0.39, 0.29) is 36.8 Å². The summed E-state index contributed by atoms with van der Waals surface area (Å²) < 4.78 is 17.8. The van der Waals surface area contributed by atoms with Crippen molar-refractivity contribution in [2.45, 2.75) is 96.0 Å². The fourth-order valence-electron chi connectivity index (χ4n) is 4.86. The number of hydrogen-bond donors (Lipinski definition) is 4. The fraction of sp³-hybridized carbons (Fsp3) is 0.704. The molecule has 0 unspecified atom stereocenters. The van der Waals surface area contributed by atoms with Crippen molar-refractivity contribution in [1.82, 2.24) is 10.6 Å². The second kappa shape index (κ2) is 12.4. The maximum Gasteiger partial charge on any atom is 0.312 e. The second-order valence-electron chi connectivity index (χ2n) is 10.8. The summed E-state index contributed by atoms with van der Waals surface area (Å²) >= 11 is 0. The number of allylic oxidation sites excluding steroid dienone is 3. The Morgan fingerprint density at radius 2 is 1.94 bits per heavy atom. The second-order valence-corrected chi connectivity index (χ2v) is 10.8. The molecular formula is C27H43N3O6. The molecule has 0 radical (unpaired) electrons. The summed E-state index contributed by atoms with van der Waals surface area (Å²) in [7, 11) is 0. The lowest BCUT2D eigenvalue weighted by Gasteiger charge is -2.39. The van der Waals surface area contributed by atoms with Gasteiger partial charge >= 0.3 is 6.03 Å². The molecule has 202 valence electrons. The first-order chi connectivity index (χ1) is 17.0. The van der Waals surface area contributed by atoms with Gasteiger partial charge in [0.15, 0.2) is 0 Å². The molecule has 3 aliphatic heterocycles. The molecule has 0 aromatic carbocycles. The molecular weight excluding hydrogens is 462 g/mol. The van der Waals surface area contributed by atoms with Crippen LogP contribution >= 0.6 is 0 Å². The molecule has 0 aromatic heterocycles. The van der Waals surface area contributed by atoms with E-state index in [2.05, 4.69) is 23.6 Å². The minimum Gasteiger partial charge on any atom is -0.387 e. The highest BCUT2D eigenvalue weighted by Crippen LogP contribution is 2.42. The van der Waals surface area contributed by atoms with Gasteiger partial charge in [0.2, 0.25) is 5.91 Å². The van der Waals surface area contributed by atoms with Gasteiger partial charge in [0, 0.05) is 13.0 Å². The number of nitrogens with one attached hydrogen (secondary N) is 2. The van der Waals surface area contributed by atoms with E-state index in [9.17, 15) is 14.7 Å². The molecule has 9 heteroatoms. The Kier molecular flexibility index (Phi) is 9.74. The molecule has 36 heavy (non-hydrogen) atoms. The van der Waals surface area contributed by atoms with E-state index in [1.165, 1.54) is 0 Å². The third kappa shape index (κ3) is 7.90. The molecule has 0 aliphatic carbocycles. The van der Waals surface area contributed by atoms with Gasteiger partial charge in [-0.15, -0.1) is 0 Å². The van der Waals surface area contributed by atoms with Crippen LogP contribution in [-0.4, -0.2) is 72.4 Å². The van der Waals surface area contributed by atoms with Gasteiger partial charge in [-0.25, -0.2) is 4.79 Å². The Morgan fingerprint density at radius 3 is 2.58 bits per heavy atom. The first-order valence-electron chi connectivity index (χ1n) is 13.0. The van der Waals surface area contributed by atoms with Gasteiger partial charge in [-0.2, -0.15) is 0 Å². The monoisotopic (exact) mass is 505 g/mol. The van der Waals surface area contributed by atoms with Crippen LogP contribution in [0.15, 0.2) is 36.0 Å². The summed E-state index contributed by atoms with van der Waals surface area (Å²) in [6.45, 7) is 11.0. The lowest BCUT2D eigenvalue weighted by Crippen LogP contribution is -2.53. The van der Waals surface area contributed by atoms with E-state index in [1.54, 1.807) is 6.08 Å². The van der Waals surface area contributed by atoms with Crippen molar-refractivity contribution in [2.75, 3.05) is 13.2 Å². The number of urea groups is 1. The zero-order valence-electron chi connectivity index (χ0n) is 22.1. The van der Waals surface area contributed by atoms with E-state index in [0.717, 1.165) is 18.4 Å². The number of aliphatic hydroxyl groups excluding tert-OH is 1. The zero-order valence-corrected chi connectivity index (χ0v) is 22.1. The smallest absolute Gasteiger partial charge is 0.312 e. The van der Waals surface area contributed by atoms with Crippen LogP contribution in [0.25, 0.3) is 0 Å². The molecule has 8 atom stereocenters. The normalized spacial score (nSPS) is 37.1. The third-order valence-corrected chi connectivity index (χ3v) is 7.19. The summed E-state index contributed by atoms with van der Waals surface area (Å²) in [6, 6.07) is -0.615. The highest BCUT2D eigenvalue weighted by atomic mass is 16.6. The number of rotatable bonds is 9. The standard InChI is InChI=1S/C27H43N3O6/c1-16(2)6-11-24(31)30-21-12-18(4)22(35-19(21)5)9-7-17(3)8-10-23-25(32)27(15-34-27)13-20(36-23)14-29-26(28)33/h6-8,10-11,16,18-23,25,32H,9,12-15H2,1-5H3,(H,30,31)(H3,28,29,33)/b10-8+,11-6-,17-7+/t18-,19+,20-,21+,22-,23+,25+,27+/m0/s1. The highest BCUT2D eigenvalue weighted by Gasteiger charge is 2.58. The van der Waals surface area contributed by atoms with Gasteiger partial charge in [0.25, 0.3) is 0 Å². The number of amides is 3. The van der Waals surface area contributed by atoms with Crippen molar-refractivity contribution in [3.05, 3.63) is 36.0 Å². The topological polar surface area (TPSA) is 135 Å². The molecule has 5 N–H and O–H groups in total. The molecule has 3 saturated heterocycles. The Bertz CT molecular complexity index is 866. The van der Waals surface area contributed by atoms with Crippen LogP contribution < -0.4 is 16.4 Å². The lowest BCUT2D eigenvalue weighted by molar-refractivity contribution is -0.130. The van der Waals surface area contributed by atoms with Gasteiger partial charge in [0.05, 0.1) is 31.0 Å². The molecule has 9 nitrogen and oxygen atoms in total. The Morgan fingerprint density at radius 1 is 1.22 bits per heavy atom. The Balaban J connectivity index is 1.51. The van der Waals surface area contributed by atoms with E-state index in [1.807, 2.05) is 45.9 Å². The maximum atomic E-state index is 12.2. The Labute approximate surface area is 214 Å². The van der Waals surface area contributed by atoms with Crippen LogP contribution in [0.1, 0.15) is 53.9 Å². The summed E-state index contributed by atoms with van der Waals surface area (Å²) in [4.78, 5) is 23.3. The minimum atomic E-state index is -0.767. The van der Waals surface area contributed by atoms with Gasteiger partial charge in [-0.05, 0) is 44.6 Å². The van der Waals surface area contributed by atoms with Crippen LogP contribution in [0.3, 0.4) is 0 Å². The van der Waals surface area contributed by atoms with Crippen LogP contribution in [0.4, 0.5) is 4.79 Å². The molecule has 0 aromatic rings. The maximum absolute atomic E-state index is 12.2. The molecule has 0 saturated carbocycles. The van der Waals surface area contributed by atoms with E-state index in [0.29, 0.717) is 24.9 Å². The van der Waals surface area contributed by atoms with E-state index >= 15 is 0 Å². The van der Waals surface area contributed by atoms with Crippen molar-refractivity contribution < 1.29 is 28.9 Å². The van der Waals surface area contributed by atoms with Gasteiger partial charge in [0.1, 0.15) is 17.8 Å². The summed E-state index contributed by atoms with van der Waals surface area (Å²) in [5.74, 6) is 0.552. The van der Waals surface area contributed by atoms with Crippen molar-refractivity contribution in [2.24, 2.45) is 17.6 Å². The van der Waals surface area contributed by atoms with Gasteiger partial charge in [-0.3, -0.25) is 4.79 Å². The van der Waals surface area contributed by atoms with Crippen LogP contribution in [-0.2, 0) is 19.0 Å². The van der Waals surface area contributed by atoms with Crippen molar-refractivity contribution in [3.63, 3.8) is 0 Å². The average Bonchev–Trinajstić information content (AvgIpc) is 3.58. The number of hydrogen-bond acceptors (Lipinski definition) is 6. The van der Waals surface area contributed by atoms with Crippen molar-refractivity contribution in [3.8, 4) is 0 Å². The van der Waals surface area contributed by atoms with E-state index in [4.69, 9.17) is 19.9 Å². The molecule has 3 heterocycles. The number of carbonyl (C=O) groups is 2. The number of aliphatic hydroxyl groups is 1. The summed E-state index contributed by atoms with van der Waals surface area (Å²) in [5, 5.41) is 16.4. The molecule has 3 aliphatic rings. The summed E-state index contributed by atoms with van der Waals surface area (Å²) in [6.07, 6.45) is 9.94. The highest BCUT2D eigenvalue weighted by molar-refractivity contribution is 5.87. The number of primary amides is 1. The zero-order chi connectivity index (χ0) is 26.5. The van der Waals surface area contributed by atoms with E-state index < -0.39 is 23.8 Å².